The zero-order chi connectivity index (χ0) is 13.4. The Hall–Kier alpha value is -0.120. The first kappa shape index (κ1) is 15.9. The summed E-state index contributed by atoms with van der Waals surface area (Å²) in [6.07, 6.45) is 5.14. The Kier molecular flexibility index (Phi) is 7.20. The maximum Gasteiger partial charge on any atom is 0.0491 e. The van der Waals surface area contributed by atoms with Gasteiger partial charge in [0.25, 0.3) is 0 Å². The molecule has 1 N–H and O–H groups in total. The van der Waals surface area contributed by atoms with Gasteiger partial charge in [0.1, 0.15) is 0 Å². The second-order valence-corrected chi connectivity index (χ2v) is 5.91. The molecular formula is C15H32N2O. The Bertz CT molecular complexity index is 209. The Labute approximate surface area is 113 Å². The highest BCUT2D eigenvalue weighted by molar-refractivity contribution is 4.84. The summed E-state index contributed by atoms with van der Waals surface area (Å²) in [7, 11) is 3.89. The zero-order valence-electron chi connectivity index (χ0n) is 12.8. The molecule has 1 rings (SSSR count). The molecule has 0 unspecified atom stereocenters. The predicted molar refractivity (Wildman–Crippen MR) is 78.0 cm³/mol. The fraction of sp³-hybridized carbons (Fsp3) is 1.00. The fourth-order valence-corrected chi connectivity index (χ4v) is 3.18. The molecule has 3 heteroatoms. The predicted octanol–water partition coefficient (Wildman–Crippen LogP) is 2.37. The van der Waals surface area contributed by atoms with Crippen LogP contribution in [0.1, 0.15) is 39.5 Å². The van der Waals surface area contributed by atoms with Crippen LogP contribution >= 0.6 is 0 Å². The third kappa shape index (κ3) is 4.52. The molecule has 0 bridgehead atoms. The molecule has 18 heavy (non-hydrogen) atoms. The number of piperidine rings is 1. The highest BCUT2D eigenvalue weighted by atomic mass is 16.5. The fourth-order valence-electron chi connectivity index (χ4n) is 3.18. The van der Waals surface area contributed by atoms with E-state index >= 15 is 0 Å². The van der Waals surface area contributed by atoms with Gasteiger partial charge in [-0.1, -0.05) is 13.8 Å². The molecular weight excluding hydrogens is 224 g/mol. The van der Waals surface area contributed by atoms with Crippen molar-refractivity contribution in [3.05, 3.63) is 0 Å². The van der Waals surface area contributed by atoms with E-state index in [0.29, 0.717) is 5.41 Å². The maximum absolute atomic E-state index is 5.27. The standard InChI is InChI=1S/C15H32N2O/c1-5-15(6-2,12-16-3)13-17-9-7-14(8-10-17)11-18-4/h14,16H,5-13H2,1-4H3. The largest absolute Gasteiger partial charge is 0.384 e. The van der Waals surface area contributed by atoms with Crippen molar-refractivity contribution in [2.75, 3.05) is 46.9 Å². The molecule has 1 aliphatic heterocycles. The summed E-state index contributed by atoms with van der Waals surface area (Å²) in [5.74, 6) is 0.785. The molecule has 0 amide bonds. The Morgan fingerprint density at radius 3 is 2.28 bits per heavy atom. The van der Waals surface area contributed by atoms with Crippen LogP contribution in [0.2, 0.25) is 0 Å². The van der Waals surface area contributed by atoms with Crippen molar-refractivity contribution in [1.29, 1.82) is 0 Å². The van der Waals surface area contributed by atoms with Gasteiger partial charge in [-0.3, -0.25) is 0 Å². The summed E-state index contributed by atoms with van der Waals surface area (Å²) >= 11 is 0. The summed E-state index contributed by atoms with van der Waals surface area (Å²) in [4.78, 5) is 2.66. The van der Waals surface area contributed by atoms with Crippen LogP contribution < -0.4 is 5.32 Å². The monoisotopic (exact) mass is 256 g/mol. The lowest BCUT2D eigenvalue weighted by Crippen LogP contribution is -2.46. The van der Waals surface area contributed by atoms with Crippen LogP contribution in [-0.2, 0) is 4.74 Å². The molecule has 1 saturated heterocycles. The molecule has 1 heterocycles. The van der Waals surface area contributed by atoms with Crippen molar-refractivity contribution in [3.63, 3.8) is 0 Å². The average Bonchev–Trinajstić information content (AvgIpc) is 2.41. The lowest BCUT2D eigenvalue weighted by atomic mass is 9.81. The number of ether oxygens (including phenoxy) is 1. The average molecular weight is 256 g/mol. The van der Waals surface area contributed by atoms with Crippen LogP contribution in [-0.4, -0.2) is 51.8 Å². The first-order valence-electron chi connectivity index (χ1n) is 7.55. The molecule has 1 aliphatic rings. The van der Waals surface area contributed by atoms with Crippen LogP contribution in [0.15, 0.2) is 0 Å². The summed E-state index contributed by atoms with van der Waals surface area (Å²) < 4.78 is 5.27. The van der Waals surface area contributed by atoms with Gasteiger partial charge < -0.3 is 15.0 Å². The lowest BCUT2D eigenvalue weighted by Gasteiger charge is -2.40. The third-order valence-corrected chi connectivity index (χ3v) is 4.72. The second-order valence-electron chi connectivity index (χ2n) is 5.91. The number of methoxy groups -OCH3 is 1. The maximum atomic E-state index is 5.27. The van der Waals surface area contributed by atoms with Crippen LogP contribution in [0.25, 0.3) is 0 Å². The lowest BCUT2D eigenvalue weighted by molar-refractivity contribution is 0.0698. The molecule has 1 fully saturated rings. The third-order valence-electron chi connectivity index (χ3n) is 4.72. The van der Waals surface area contributed by atoms with E-state index < -0.39 is 0 Å². The number of hydrogen-bond donors (Lipinski definition) is 1. The number of nitrogens with one attached hydrogen (secondary N) is 1. The molecule has 0 aromatic rings. The van der Waals surface area contributed by atoms with Gasteiger partial charge in [0.2, 0.25) is 0 Å². The molecule has 0 aromatic heterocycles. The van der Waals surface area contributed by atoms with Crippen molar-refractivity contribution in [2.45, 2.75) is 39.5 Å². The molecule has 0 saturated carbocycles. The normalized spacial score (nSPS) is 19.3. The van der Waals surface area contributed by atoms with Crippen LogP contribution in [0.4, 0.5) is 0 Å². The summed E-state index contributed by atoms with van der Waals surface area (Å²) in [5, 5.41) is 3.38. The molecule has 0 radical (unpaired) electrons. The Morgan fingerprint density at radius 1 is 1.22 bits per heavy atom. The Morgan fingerprint density at radius 2 is 1.83 bits per heavy atom. The second kappa shape index (κ2) is 8.13. The topological polar surface area (TPSA) is 24.5 Å². The van der Waals surface area contributed by atoms with Gasteiger partial charge in [-0.05, 0) is 57.2 Å². The van der Waals surface area contributed by atoms with Gasteiger partial charge in [-0.2, -0.15) is 0 Å². The van der Waals surface area contributed by atoms with Gasteiger partial charge in [0.15, 0.2) is 0 Å². The quantitative estimate of drug-likeness (QED) is 0.721. The van der Waals surface area contributed by atoms with Gasteiger partial charge in [-0.15, -0.1) is 0 Å². The number of rotatable bonds is 8. The van der Waals surface area contributed by atoms with E-state index in [2.05, 4.69) is 31.1 Å². The highest BCUT2D eigenvalue weighted by Crippen LogP contribution is 2.29. The zero-order valence-corrected chi connectivity index (χ0v) is 12.8. The first-order valence-corrected chi connectivity index (χ1v) is 7.55. The number of likely N-dealkylation sites (tertiary alicyclic amines) is 1. The smallest absolute Gasteiger partial charge is 0.0491 e. The molecule has 0 aromatic carbocycles. The van der Waals surface area contributed by atoms with Gasteiger partial charge in [-0.25, -0.2) is 0 Å². The molecule has 0 atom stereocenters. The highest BCUT2D eigenvalue weighted by Gasteiger charge is 2.30. The minimum atomic E-state index is 0.461. The van der Waals surface area contributed by atoms with Crippen molar-refractivity contribution in [3.8, 4) is 0 Å². The van der Waals surface area contributed by atoms with E-state index in [9.17, 15) is 0 Å². The van der Waals surface area contributed by atoms with Crippen LogP contribution in [0.5, 0.6) is 0 Å². The SMILES string of the molecule is CCC(CC)(CNC)CN1CCC(COC)CC1. The van der Waals surface area contributed by atoms with E-state index in [1.807, 2.05) is 7.11 Å². The molecule has 0 aliphatic carbocycles. The summed E-state index contributed by atoms with van der Waals surface area (Å²) in [6, 6.07) is 0. The molecule has 0 spiro atoms. The van der Waals surface area contributed by atoms with E-state index in [1.54, 1.807) is 0 Å². The van der Waals surface area contributed by atoms with Crippen molar-refractivity contribution >= 4 is 0 Å². The minimum absolute atomic E-state index is 0.461. The van der Waals surface area contributed by atoms with E-state index in [4.69, 9.17) is 4.74 Å². The van der Waals surface area contributed by atoms with E-state index in [0.717, 1.165) is 19.1 Å². The summed E-state index contributed by atoms with van der Waals surface area (Å²) in [5.41, 5.74) is 0.461. The molecule has 108 valence electrons. The molecule has 3 nitrogen and oxygen atoms in total. The van der Waals surface area contributed by atoms with Crippen LogP contribution in [0, 0.1) is 11.3 Å². The number of nitrogens with zero attached hydrogens (tertiary/aromatic N) is 1. The Balaban J connectivity index is 2.42. The summed E-state index contributed by atoms with van der Waals surface area (Å²) in [6.45, 7) is 10.5. The number of hydrogen-bond acceptors (Lipinski definition) is 3. The minimum Gasteiger partial charge on any atom is -0.384 e. The first-order chi connectivity index (χ1) is 8.69. The van der Waals surface area contributed by atoms with Crippen LogP contribution in [0.3, 0.4) is 0 Å². The van der Waals surface area contributed by atoms with Crippen molar-refractivity contribution in [2.24, 2.45) is 11.3 Å². The van der Waals surface area contributed by atoms with Crippen molar-refractivity contribution < 1.29 is 4.74 Å². The van der Waals surface area contributed by atoms with E-state index in [1.165, 1.54) is 45.3 Å². The van der Waals surface area contributed by atoms with Gasteiger partial charge in [0, 0.05) is 26.8 Å². The van der Waals surface area contributed by atoms with Crippen molar-refractivity contribution in [1.82, 2.24) is 10.2 Å². The van der Waals surface area contributed by atoms with Gasteiger partial charge >= 0.3 is 0 Å². The van der Waals surface area contributed by atoms with E-state index in [-0.39, 0.29) is 0 Å². The van der Waals surface area contributed by atoms with Gasteiger partial charge in [0.05, 0.1) is 0 Å².